The van der Waals surface area contributed by atoms with E-state index < -0.39 is 0 Å². The molecular weight excluding hydrogens is 391 g/mol. The first kappa shape index (κ1) is 20.0. The largest absolute Gasteiger partial charge is 0.374 e. The number of aromatic nitrogens is 2. The quantitative estimate of drug-likeness (QED) is 0.665. The lowest BCUT2D eigenvalue weighted by molar-refractivity contribution is -0.0396. The molecule has 3 aromatic rings. The zero-order valence-corrected chi connectivity index (χ0v) is 17.0. The van der Waals surface area contributed by atoms with Crippen molar-refractivity contribution in [1.82, 2.24) is 19.8 Å². The molecular formula is C22H24ClFN4O. The standard InChI is InChI=1S/C22H24ClFN4O/c1-27-10-11-29-21(14-27)22(17-3-5-18(23)6-4-17)26-13-16-2-7-20(19(24)12-16)28-9-8-25-15-28/h2-9,12,15,21-22,26H,10-11,13-14H2,1H3/t21-,22-/m1/s1. The van der Waals surface area contributed by atoms with Crippen LogP contribution < -0.4 is 5.32 Å². The van der Waals surface area contributed by atoms with Crippen molar-refractivity contribution in [3.63, 3.8) is 0 Å². The van der Waals surface area contributed by atoms with Gasteiger partial charge in [0.15, 0.2) is 0 Å². The minimum absolute atomic E-state index is 0.00462. The van der Waals surface area contributed by atoms with Crippen molar-refractivity contribution in [2.24, 2.45) is 0 Å². The fourth-order valence-corrected chi connectivity index (χ4v) is 3.77. The van der Waals surface area contributed by atoms with Crippen LogP contribution >= 0.6 is 11.6 Å². The van der Waals surface area contributed by atoms with Gasteiger partial charge in [0, 0.05) is 37.1 Å². The van der Waals surface area contributed by atoms with Gasteiger partial charge < -0.3 is 19.5 Å². The summed E-state index contributed by atoms with van der Waals surface area (Å²) < 4.78 is 22.3. The molecule has 1 aliphatic rings. The van der Waals surface area contributed by atoms with Crippen LogP contribution in [0.4, 0.5) is 4.39 Å². The summed E-state index contributed by atoms with van der Waals surface area (Å²) in [5, 5.41) is 4.26. The van der Waals surface area contributed by atoms with Gasteiger partial charge in [-0.25, -0.2) is 9.37 Å². The van der Waals surface area contributed by atoms with Crippen molar-refractivity contribution in [2.45, 2.75) is 18.7 Å². The van der Waals surface area contributed by atoms with Crippen LogP contribution in [0.15, 0.2) is 61.2 Å². The van der Waals surface area contributed by atoms with Crippen molar-refractivity contribution in [2.75, 3.05) is 26.7 Å². The topological polar surface area (TPSA) is 42.3 Å². The van der Waals surface area contributed by atoms with Crippen LogP contribution in [-0.2, 0) is 11.3 Å². The van der Waals surface area contributed by atoms with E-state index in [2.05, 4.69) is 22.2 Å². The first-order valence-electron chi connectivity index (χ1n) is 9.66. The predicted molar refractivity (Wildman–Crippen MR) is 112 cm³/mol. The molecule has 1 fully saturated rings. The summed E-state index contributed by atoms with van der Waals surface area (Å²) in [7, 11) is 2.10. The Balaban J connectivity index is 1.51. The van der Waals surface area contributed by atoms with Crippen molar-refractivity contribution in [3.8, 4) is 5.69 Å². The van der Waals surface area contributed by atoms with E-state index >= 15 is 0 Å². The van der Waals surface area contributed by atoms with Gasteiger partial charge in [-0.3, -0.25) is 0 Å². The van der Waals surface area contributed by atoms with Gasteiger partial charge >= 0.3 is 0 Å². The maximum Gasteiger partial charge on any atom is 0.147 e. The smallest absolute Gasteiger partial charge is 0.147 e. The first-order valence-corrected chi connectivity index (χ1v) is 10.0. The number of nitrogens with zero attached hydrogens (tertiary/aromatic N) is 3. The number of nitrogens with one attached hydrogen (secondary N) is 1. The molecule has 0 bridgehead atoms. The van der Waals surface area contributed by atoms with Gasteiger partial charge in [0.2, 0.25) is 0 Å². The SMILES string of the molecule is CN1CCO[C@@H]([C@H](NCc2ccc(-n3ccnc3)c(F)c2)c2ccc(Cl)cc2)C1. The lowest BCUT2D eigenvalue weighted by atomic mass is 9.99. The minimum Gasteiger partial charge on any atom is -0.374 e. The van der Waals surface area contributed by atoms with Gasteiger partial charge in [0.05, 0.1) is 30.8 Å². The molecule has 1 aliphatic heterocycles. The molecule has 152 valence electrons. The highest BCUT2D eigenvalue weighted by Gasteiger charge is 2.28. The molecule has 1 N–H and O–H groups in total. The highest BCUT2D eigenvalue weighted by atomic mass is 35.5. The van der Waals surface area contributed by atoms with Crippen LogP contribution in [0.3, 0.4) is 0 Å². The Bertz CT molecular complexity index is 932. The second kappa shape index (κ2) is 9.05. The number of likely N-dealkylation sites (N-methyl/N-ethyl adjacent to an activating group) is 1. The van der Waals surface area contributed by atoms with Gasteiger partial charge in [0.1, 0.15) is 5.82 Å². The summed E-state index contributed by atoms with van der Waals surface area (Å²) in [5.41, 5.74) is 2.46. The number of benzene rings is 2. The number of hydrogen-bond acceptors (Lipinski definition) is 4. The minimum atomic E-state index is -0.279. The zero-order chi connectivity index (χ0) is 20.2. The summed E-state index contributed by atoms with van der Waals surface area (Å²) in [6, 6.07) is 13.0. The Kier molecular flexibility index (Phi) is 6.25. The second-order valence-corrected chi connectivity index (χ2v) is 7.77. The van der Waals surface area contributed by atoms with Crippen LogP contribution in [0.5, 0.6) is 0 Å². The molecule has 2 heterocycles. The fraction of sp³-hybridized carbons (Fsp3) is 0.318. The maximum absolute atomic E-state index is 14.6. The number of hydrogen-bond donors (Lipinski definition) is 1. The van der Waals surface area contributed by atoms with Crippen molar-refractivity contribution >= 4 is 11.6 Å². The molecule has 0 unspecified atom stereocenters. The lowest BCUT2D eigenvalue weighted by Gasteiger charge is -2.36. The highest BCUT2D eigenvalue weighted by Crippen LogP contribution is 2.25. The van der Waals surface area contributed by atoms with E-state index in [1.807, 2.05) is 30.3 Å². The number of rotatable bonds is 6. The Morgan fingerprint density at radius 3 is 2.79 bits per heavy atom. The Morgan fingerprint density at radius 1 is 1.28 bits per heavy atom. The molecule has 7 heteroatoms. The number of morpholine rings is 1. The molecule has 0 saturated carbocycles. The van der Waals surface area contributed by atoms with E-state index in [1.54, 1.807) is 35.4 Å². The highest BCUT2D eigenvalue weighted by molar-refractivity contribution is 6.30. The number of ether oxygens (including phenoxy) is 1. The summed E-state index contributed by atoms with van der Waals surface area (Å²) in [4.78, 5) is 6.24. The monoisotopic (exact) mass is 414 g/mol. The summed E-state index contributed by atoms with van der Waals surface area (Å²) >= 11 is 6.06. The predicted octanol–water partition coefficient (Wildman–Crippen LogP) is 3.83. The van der Waals surface area contributed by atoms with E-state index in [9.17, 15) is 4.39 Å². The third kappa shape index (κ3) is 4.85. The van der Waals surface area contributed by atoms with E-state index in [1.165, 1.54) is 0 Å². The Hall–Kier alpha value is -2.25. The maximum atomic E-state index is 14.6. The first-order chi connectivity index (χ1) is 14.1. The lowest BCUT2D eigenvalue weighted by Crippen LogP contribution is -2.46. The van der Waals surface area contributed by atoms with E-state index in [-0.39, 0.29) is 18.0 Å². The third-order valence-electron chi connectivity index (χ3n) is 5.22. The molecule has 5 nitrogen and oxygen atoms in total. The van der Waals surface area contributed by atoms with E-state index in [0.29, 0.717) is 23.9 Å². The van der Waals surface area contributed by atoms with Gasteiger partial charge in [0.25, 0.3) is 0 Å². The second-order valence-electron chi connectivity index (χ2n) is 7.34. The van der Waals surface area contributed by atoms with Crippen molar-refractivity contribution in [3.05, 3.63) is 83.2 Å². The number of imidazole rings is 1. The molecule has 29 heavy (non-hydrogen) atoms. The van der Waals surface area contributed by atoms with E-state index in [0.717, 1.165) is 24.2 Å². The normalized spacial score (nSPS) is 18.7. The van der Waals surface area contributed by atoms with Gasteiger partial charge in [-0.1, -0.05) is 29.8 Å². The van der Waals surface area contributed by atoms with Crippen LogP contribution in [0.25, 0.3) is 5.69 Å². The van der Waals surface area contributed by atoms with Crippen LogP contribution in [0.1, 0.15) is 17.2 Å². The third-order valence-corrected chi connectivity index (χ3v) is 5.47. The molecule has 4 rings (SSSR count). The average molecular weight is 415 g/mol. The van der Waals surface area contributed by atoms with Crippen LogP contribution in [-0.4, -0.2) is 47.3 Å². The molecule has 0 radical (unpaired) electrons. The fourth-order valence-electron chi connectivity index (χ4n) is 3.65. The van der Waals surface area contributed by atoms with Gasteiger partial charge in [-0.2, -0.15) is 0 Å². The summed E-state index contributed by atoms with van der Waals surface area (Å²) in [5.74, 6) is -0.279. The van der Waals surface area contributed by atoms with Crippen LogP contribution in [0.2, 0.25) is 5.02 Å². The Morgan fingerprint density at radius 2 is 2.10 bits per heavy atom. The van der Waals surface area contributed by atoms with Gasteiger partial charge in [-0.15, -0.1) is 0 Å². The van der Waals surface area contributed by atoms with Crippen molar-refractivity contribution < 1.29 is 9.13 Å². The average Bonchev–Trinajstić information content (AvgIpc) is 3.24. The number of halogens is 2. The molecule has 2 aromatic carbocycles. The molecule has 2 atom stereocenters. The molecule has 0 amide bonds. The van der Waals surface area contributed by atoms with Crippen molar-refractivity contribution in [1.29, 1.82) is 0 Å². The summed E-state index contributed by atoms with van der Waals surface area (Å²) in [6.45, 7) is 2.97. The molecule has 0 aliphatic carbocycles. The molecule has 1 aromatic heterocycles. The van der Waals surface area contributed by atoms with Crippen LogP contribution in [0, 0.1) is 5.82 Å². The van der Waals surface area contributed by atoms with Gasteiger partial charge in [-0.05, 0) is 42.4 Å². The summed E-state index contributed by atoms with van der Waals surface area (Å²) in [6.07, 6.45) is 4.95. The molecule has 0 spiro atoms. The zero-order valence-electron chi connectivity index (χ0n) is 16.3. The Labute approximate surface area is 175 Å². The molecule has 1 saturated heterocycles. The van der Waals surface area contributed by atoms with E-state index in [4.69, 9.17) is 16.3 Å².